The molecule has 0 spiro atoms. The highest BCUT2D eigenvalue weighted by molar-refractivity contribution is 5.99. The van der Waals surface area contributed by atoms with Gasteiger partial charge >= 0.3 is 0 Å². The monoisotopic (exact) mass is 317 g/mol. The summed E-state index contributed by atoms with van der Waals surface area (Å²) in [6.07, 6.45) is 7.38. The molecule has 0 N–H and O–H groups in total. The van der Waals surface area contributed by atoms with E-state index in [2.05, 4.69) is 11.9 Å². The third-order valence-electron chi connectivity index (χ3n) is 4.64. The molecule has 5 heteroatoms. The van der Waals surface area contributed by atoms with Crippen molar-refractivity contribution in [2.75, 3.05) is 19.6 Å². The van der Waals surface area contributed by atoms with Gasteiger partial charge in [0.15, 0.2) is 0 Å². The van der Waals surface area contributed by atoms with Gasteiger partial charge in [0.2, 0.25) is 0 Å². The highest BCUT2D eigenvalue weighted by Gasteiger charge is 2.27. The quantitative estimate of drug-likeness (QED) is 0.839. The second-order valence-electron chi connectivity index (χ2n) is 6.00. The summed E-state index contributed by atoms with van der Waals surface area (Å²) in [7, 11) is 0. The van der Waals surface area contributed by atoms with Crippen LogP contribution >= 0.6 is 0 Å². The lowest BCUT2D eigenvalue weighted by Crippen LogP contribution is -2.43. The smallest absolute Gasteiger partial charge is 0.255 e. The van der Waals surface area contributed by atoms with Gasteiger partial charge < -0.3 is 9.80 Å². The average molecular weight is 317 g/mol. The molecule has 0 aliphatic carbocycles. The molecule has 23 heavy (non-hydrogen) atoms. The predicted octanol–water partition coefficient (Wildman–Crippen LogP) is 2.97. The van der Waals surface area contributed by atoms with Crippen LogP contribution in [0.4, 0.5) is 0 Å². The summed E-state index contributed by atoms with van der Waals surface area (Å²) in [6.45, 7) is 8.11. The zero-order valence-electron chi connectivity index (χ0n) is 14.4. The summed E-state index contributed by atoms with van der Waals surface area (Å²) >= 11 is 0. The zero-order valence-corrected chi connectivity index (χ0v) is 14.4. The lowest BCUT2D eigenvalue weighted by Gasteiger charge is -2.35. The number of hydrogen-bond acceptors (Lipinski definition) is 3. The average Bonchev–Trinajstić information content (AvgIpc) is 2.62. The van der Waals surface area contributed by atoms with Crippen molar-refractivity contribution in [1.82, 2.24) is 14.8 Å². The van der Waals surface area contributed by atoms with E-state index in [0.29, 0.717) is 30.3 Å². The Balaban J connectivity index is 2.21. The van der Waals surface area contributed by atoms with Crippen LogP contribution in [0, 0.1) is 0 Å². The van der Waals surface area contributed by atoms with Crippen molar-refractivity contribution >= 4 is 11.8 Å². The van der Waals surface area contributed by atoms with E-state index >= 15 is 0 Å². The first-order valence-electron chi connectivity index (χ1n) is 8.67. The largest absolute Gasteiger partial charge is 0.339 e. The SMILES string of the molecule is CCC1CCCCN1C(=O)c1cncc(C(=O)N(CC)CC)c1. The Morgan fingerprint density at radius 2 is 1.87 bits per heavy atom. The molecule has 1 aromatic heterocycles. The number of aromatic nitrogens is 1. The first-order chi connectivity index (χ1) is 11.1. The Kier molecular flexibility index (Phi) is 6.13. The van der Waals surface area contributed by atoms with Crippen LogP contribution in [0.25, 0.3) is 0 Å². The van der Waals surface area contributed by atoms with Gasteiger partial charge in [-0.3, -0.25) is 14.6 Å². The summed E-state index contributed by atoms with van der Waals surface area (Å²) in [4.78, 5) is 33.1. The minimum Gasteiger partial charge on any atom is -0.339 e. The maximum absolute atomic E-state index is 12.8. The van der Waals surface area contributed by atoms with Crippen LogP contribution < -0.4 is 0 Å². The van der Waals surface area contributed by atoms with Crippen LogP contribution in [0.2, 0.25) is 0 Å². The van der Waals surface area contributed by atoms with Crippen LogP contribution in [0.1, 0.15) is 67.2 Å². The van der Waals surface area contributed by atoms with E-state index in [1.165, 1.54) is 6.42 Å². The van der Waals surface area contributed by atoms with Gasteiger partial charge in [-0.1, -0.05) is 6.92 Å². The summed E-state index contributed by atoms with van der Waals surface area (Å²) in [5.41, 5.74) is 1.01. The summed E-state index contributed by atoms with van der Waals surface area (Å²) in [5.74, 6) is -0.0684. The second kappa shape index (κ2) is 8.09. The van der Waals surface area contributed by atoms with Crippen LogP contribution in [-0.2, 0) is 0 Å². The third kappa shape index (κ3) is 3.89. The molecular formula is C18H27N3O2. The molecule has 1 aromatic rings. The maximum Gasteiger partial charge on any atom is 0.255 e. The molecule has 2 amide bonds. The molecule has 5 nitrogen and oxygen atoms in total. The minimum absolute atomic E-state index is 0.00162. The maximum atomic E-state index is 12.8. The molecule has 0 bridgehead atoms. The van der Waals surface area contributed by atoms with Crippen molar-refractivity contribution in [2.24, 2.45) is 0 Å². The van der Waals surface area contributed by atoms with E-state index in [1.807, 2.05) is 18.7 Å². The number of likely N-dealkylation sites (tertiary alicyclic amines) is 1. The number of pyridine rings is 1. The molecule has 1 fully saturated rings. The lowest BCUT2D eigenvalue weighted by atomic mass is 9.99. The fourth-order valence-electron chi connectivity index (χ4n) is 3.23. The van der Waals surface area contributed by atoms with Gasteiger partial charge in [-0.2, -0.15) is 0 Å². The van der Waals surface area contributed by atoms with Crippen molar-refractivity contribution in [2.45, 2.75) is 52.5 Å². The van der Waals surface area contributed by atoms with Gasteiger partial charge in [-0.25, -0.2) is 0 Å². The van der Waals surface area contributed by atoms with E-state index in [-0.39, 0.29) is 11.8 Å². The summed E-state index contributed by atoms with van der Waals surface area (Å²) < 4.78 is 0. The fraction of sp³-hybridized carbons (Fsp3) is 0.611. The van der Waals surface area contributed by atoms with Crippen molar-refractivity contribution in [3.63, 3.8) is 0 Å². The van der Waals surface area contributed by atoms with Crippen LogP contribution in [0.5, 0.6) is 0 Å². The van der Waals surface area contributed by atoms with Gasteiger partial charge in [0, 0.05) is 38.1 Å². The molecule has 2 rings (SSSR count). The van der Waals surface area contributed by atoms with Gasteiger partial charge in [0.1, 0.15) is 0 Å². The topological polar surface area (TPSA) is 53.5 Å². The summed E-state index contributed by atoms with van der Waals surface area (Å²) in [5, 5.41) is 0. The molecule has 1 aliphatic heterocycles. The molecule has 1 aliphatic rings. The Labute approximate surface area is 138 Å². The molecule has 126 valence electrons. The normalized spacial score (nSPS) is 17.9. The standard InChI is InChI=1S/C18H27N3O2/c1-4-16-9-7-8-10-21(16)18(23)15-11-14(12-19-13-15)17(22)20(5-2)6-3/h11-13,16H,4-10H2,1-3H3. The number of rotatable bonds is 5. The first kappa shape index (κ1) is 17.4. The fourth-order valence-corrected chi connectivity index (χ4v) is 3.23. The third-order valence-corrected chi connectivity index (χ3v) is 4.64. The minimum atomic E-state index is -0.0668. The lowest BCUT2D eigenvalue weighted by molar-refractivity contribution is 0.0607. The van der Waals surface area contributed by atoms with Crippen LogP contribution in [-0.4, -0.2) is 52.3 Å². The molecule has 1 saturated heterocycles. The van der Waals surface area contributed by atoms with E-state index in [0.717, 1.165) is 25.8 Å². The van der Waals surface area contributed by atoms with Crippen LogP contribution in [0.3, 0.4) is 0 Å². The molecule has 1 unspecified atom stereocenters. The van der Waals surface area contributed by atoms with Gasteiger partial charge in [-0.05, 0) is 45.6 Å². The Morgan fingerprint density at radius 3 is 2.52 bits per heavy atom. The number of hydrogen-bond donors (Lipinski definition) is 0. The highest BCUT2D eigenvalue weighted by atomic mass is 16.2. The number of carbonyl (C=O) groups is 2. The molecule has 0 aromatic carbocycles. The highest BCUT2D eigenvalue weighted by Crippen LogP contribution is 2.22. The van der Waals surface area contributed by atoms with Crippen molar-refractivity contribution in [1.29, 1.82) is 0 Å². The molecule has 0 saturated carbocycles. The molecular weight excluding hydrogens is 290 g/mol. The first-order valence-corrected chi connectivity index (χ1v) is 8.67. The van der Waals surface area contributed by atoms with Crippen LogP contribution in [0.15, 0.2) is 18.5 Å². The Hall–Kier alpha value is -1.91. The van der Waals surface area contributed by atoms with Crippen molar-refractivity contribution < 1.29 is 9.59 Å². The Morgan fingerprint density at radius 1 is 1.17 bits per heavy atom. The number of nitrogens with zero attached hydrogens (tertiary/aromatic N) is 3. The second-order valence-corrected chi connectivity index (χ2v) is 6.00. The molecule has 0 radical (unpaired) electrons. The predicted molar refractivity (Wildman–Crippen MR) is 90.5 cm³/mol. The van der Waals surface area contributed by atoms with E-state index in [1.54, 1.807) is 23.4 Å². The molecule has 1 atom stereocenters. The van der Waals surface area contributed by atoms with Gasteiger partial charge in [0.05, 0.1) is 11.1 Å². The summed E-state index contributed by atoms with van der Waals surface area (Å²) in [6, 6.07) is 2.00. The molecule has 2 heterocycles. The number of amides is 2. The van der Waals surface area contributed by atoms with Gasteiger partial charge in [-0.15, -0.1) is 0 Å². The van der Waals surface area contributed by atoms with E-state index < -0.39 is 0 Å². The number of piperidine rings is 1. The van der Waals surface area contributed by atoms with Crippen molar-refractivity contribution in [3.8, 4) is 0 Å². The number of carbonyl (C=O) groups excluding carboxylic acids is 2. The van der Waals surface area contributed by atoms with Crippen molar-refractivity contribution in [3.05, 3.63) is 29.6 Å². The van der Waals surface area contributed by atoms with Gasteiger partial charge in [0.25, 0.3) is 11.8 Å². The Bertz CT molecular complexity index is 555. The zero-order chi connectivity index (χ0) is 16.8. The van der Waals surface area contributed by atoms with E-state index in [9.17, 15) is 9.59 Å². The van der Waals surface area contributed by atoms with E-state index in [4.69, 9.17) is 0 Å².